The van der Waals surface area contributed by atoms with Crippen molar-refractivity contribution in [2.45, 2.75) is 0 Å². The first-order chi connectivity index (χ1) is 14.6. The maximum absolute atomic E-state index is 12.1. The highest BCUT2D eigenvalue weighted by atomic mass is 79.9. The molecule has 0 spiro atoms. The van der Waals surface area contributed by atoms with E-state index >= 15 is 0 Å². The lowest BCUT2D eigenvalue weighted by Gasteiger charge is -2.08. The third-order valence-electron chi connectivity index (χ3n) is 4.69. The number of carbonyl (C=O) groups is 2. The molecule has 0 heterocycles. The number of hydrogen-bond donors (Lipinski definition) is 2. The van der Waals surface area contributed by atoms with Gasteiger partial charge in [0, 0.05) is 15.6 Å². The minimum absolute atomic E-state index is 0.168. The molecule has 6 heteroatoms. The summed E-state index contributed by atoms with van der Waals surface area (Å²) < 4.78 is 0.798. The summed E-state index contributed by atoms with van der Waals surface area (Å²) >= 11 is 3.32. The normalized spacial score (nSPS) is 11.1. The summed E-state index contributed by atoms with van der Waals surface area (Å²) in [6, 6.07) is 25.2. The highest BCUT2D eigenvalue weighted by Gasteiger charge is 2.08. The van der Waals surface area contributed by atoms with Crippen molar-refractivity contribution in [3.8, 4) is 0 Å². The Labute approximate surface area is 181 Å². The minimum Gasteiger partial charge on any atom is -0.343 e. The summed E-state index contributed by atoms with van der Waals surface area (Å²) in [5.74, 6) is -0.727. The van der Waals surface area contributed by atoms with Crippen LogP contribution in [0.2, 0.25) is 0 Å². The lowest BCUT2D eigenvalue weighted by Crippen LogP contribution is -2.34. The van der Waals surface area contributed by atoms with Crippen molar-refractivity contribution in [1.82, 2.24) is 10.7 Å². The van der Waals surface area contributed by atoms with Gasteiger partial charge in [0.05, 0.1) is 12.8 Å². The number of carbonyl (C=O) groups excluding carboxylic acids is 2. The molecule has 0 aromatic heterocycles. The average Bonchev–Trinajstić information content (AvgIpc) is 2.77. The SMILES string of the molecule is O=C(CNC(=O)c1cccc(Br)c1)N/N=C\c1c2ccccc2cc2ccccc12. The van der Waals surface area contributed by atoms with Gasteiger partial charge in [-0.2, -0.15) is 5.10 Å². The summed E-state index contributed by atoms with van der Waals surface area (Å²) in [5.41, 5.74) is 3.89. The molecule has 0 saturated heterocycles. The molecule has 0 fully saturated rings. The fourth-order valence-electron chi connectivity index (χ4n) is 3.29. The second-order valence-corrected chi connectivity index (χ2v) is 7.63. The zero-order valence-corrected chi connectivity index (χ0v) is 17.5. The summed E-state index contributed by atoms with van der Waals surface area (Å²) in [6.45, 7) is -0.168. The standard InChI is InChI=1S/C24H18BrN3O2/c25-19-9-5-8-18(13-19)24(30)26-15-23(29)28-27-14-22-20-10-3-1-6-16(20)12-17-7-2-4-11-21(17)22/h1-14H,15H2,(H,26,30)(H,28,29)/b27-14-. The Morgan fingerprint density at radius 2 is 1.53 bits per heavy atom. The first-order valence-electron chi connectivity index (χ1n) is 9.38. The van der Waals surface area contributed by atoms with E-state index in [2.05, 4.69) is 50.0 Å². The third kappa shape index (κ3) is 4.39. The van der Waals surface area contributed by atoms with Crippen LogP contribution in [0.25, 0.3) is 21.5 Å². The maximum atomic E-state index is 12.1. The van der Waals surface area contributed by atoms with Crippen LogP contribution in [0, 0.1) is 0 Å². The molecule has 2 amide bonds. The molecule has 0 unspecified atom stereocenters. The van der Waals surface area contributed by atoms with E-state index in [1.165, 1.54) is 0 Å². The van der Waals surface area contributed by atoms with Crippen LogP contribution >= 0.6 is 15.9 Å². The van der Waals surface area contributed by atoms with E-state index in [0.29, 0.717) is 5.56 Å². The van der Waals surface area contributed by atoms with E-state index < -0.39 is 5.91 Å². The van der Waals surface area contributed by atoms with Gasteiger partial charge in [0.1, 0.15) is 0 Å². The zero-order chi connectivity index (χ0) is 20.9. The van der Waals surface area contributed by atoms with Crippen LogP contribution in [0.3, 0.4) is 0 Å². The first-order valence-corrected chi connectivity index (χ1v) is 10.2. The second-order valence-electron chi connectivity index (χ2n) is 6.72. The van der Waals surface area contributed by atoms with Crippen molar-refractivity contribution in [3.05, 3.63) is 94.5 Å². The van der Waals surface area contributed by atoms with Crippen LogP contribution in [0.15, 0.2) is 88.4 Å². The quantitative estimate of drug-likeness (QED) is 0.259. The maximum Gasteiger partial charge on any atom is 0.259 e. The Kier molecular flexibility index (Phi) is 5.86. The number of amides is 2. The minimum atomic E-state index is -0.404. The van der Waals surface area contributed by atoms with Crippen molar-refractivity contribution in [2.24, 2.45) is 5.10 Å². The molecule has 5 nitrogen and oxygen atoms in total. The Morgan fingerprint density at radius 1 is 0.867 bits per heavy atom. The molecule has 4 rings (SSSR count). The van der Waals surface area contributed by atoms with E-state index in [1.807, 2.05) is 42.5 Å². The number of halogens is 1. The molecule has 30 heavy (non-hydrogen) atoms. The molecule has 0 aliphatic heterocycles. The van der Waals surface area contributed by atoms with E-state index in [1.54, 1.807) is 24.4 Å². The van der Waals surface area contributed by atoms with Gasteiger partial charge in [-0.1, -0.05) is 70.5 Å². The molecule has 0 aliphatic rings. The van der Waals surface area contributed by atoms with E-state index in [4.69, 9.17) is 0 Å². The monoisotopic (exact) mass is 459 g/mol. The van der Waals surface area contributed by atoms with Gasteiger partial charge in [-0.15, -0.1) is 0 Å². The average molecular weight is 460 g/mol. The molecule has 0 atom stereocenters. The van der Waals surface area contributed by atoms with Gasteiger partial charge in [-0.25, -0.2) is 5.43 Å². The summed E-state index contributed by atoms with van der Waals surface area (Å²) in [6.07, 6.45) is 1.65. The van der Waals surface area contributed by atoms with Crippen molar-refractivity contribution >= 4 is 55.5 Å². The van der Waals surface area contributed by atoms with E-state index in [9.17, 15) is 9.59 Å². The van der Waals surface area contributed by atoms with Crippen molar-refractivity contribution in [1.29, 1.82) is 0 Å². The van der Waals surface area contributed by atoms with Gasteiger partial charge in [0.25, 0.3) is 11.8 Å². The van der Waals surface area contributed by atoms with Gasteiger partial charge in [0.2, 0.25) is 0 Å². The number of hydrogen-bond acceptors (Lipinski definition) is 3. The Balaban J connectivity index is 1.47. The number of fused-ring (bicyclic) bond motifs is 2. The summed E-state index contributed by atoms with van der Waals surface area (Å²) in [4.78, 5) is 24.3. The molecular formula is C24H18BrN3O2. The van der Waals surface area contributed by atoms with Crippen molar-refractivity contribution in [3.63, 3.8) is 0 Å². The van der Waals surface area contributed by atoms with Crippen LogP contribution in [0.1, 0.15) is 15.9 Å². The lowest BCUT2D eigenvalue weighted by atomic mass is 9.97. The van der Waals surface area contributed by atoms with Crippen LogP contribution in [-0.2, 0) is 4.79 Å². The fourth-order valence-corrected chi connectivity index (χ4v) is 3.69. The van der Waals surface area contributed by atoms with Crippen molar-refractivity contribution < 1.29 is 9.59 Å². The summed E-state index contributed by atoms with van der Waals surface area (Å²) in [5, 5.41) is 11.0. The predicted octanol–water partition coefficient (Wildman–Crippen LogP) is 4.64. The number of nitrogens with zero attached hydrogens (tertiary/aromatic N) is 1. The molecular weight excluding hydrogens is 442 g/mol. The highest BCUT2D eigenvalue weighted by Crippen LogP contribution is 2.27. The predicted molar refractivity (Wildman–Crippen MR) is 124 cm³/mol. The molecule has 0 aliphatic carbocycles. The molecule has 148 valence electrons. The van der Waals surface area contributed by atoms with Crippen molar-refractivity contribution in [2.75, 3.05) is 6.54 Å². The van der Waals surface area contributed by atoms with Crippen LogP contribution in [0.4, 0.5) is 0 Å². The third-order valence-corrected chi connectivity index (χ3v) is 5.19. The molecule has 2 N–H and O–H groups in total. The number of benzene rings is 4. The first kappa shape index (κ1) is 19.8. The van der Waals surface area contributed by atoms with Gasteiger partial charge < -0.3 is 5.32 Å². The Hall–Kier alpha value is -3.51. The smallest absolute Gasteiger partial charge is 0.259 e. The molecule has 0 bridgehead atoms. The second kappa shape index (κ2) is 8.88. The topological polar surface area (TPSA) is 70.6 Å². The van der Waals surface area contributed by atoms with E-state index in [-0.39, 0.29) is 12.5 Å². The number of nitrogens with one attached hydrogen (secondary N) is 2. The molecule has 0 saturated carbocycles. The molecule has 4 aromatic carbocycles. The number of hydrazone groups is 1. The van der Waals surface area contributed by atoms with Crippen LogP contribution in [0.5, 0.6) is 0 Å². The van der Waals surface area contributed by atoms with Gasteiger partial charge in [-0.3, -0.25) is 9.59 Å². The van der Waals surface area contributed by atoms with Crippen LogP contribution in [-0.4, -0.2) is 24.6 Å². The van der Waals surface area contributed by atoms with Gasteiger partial charge in [-0.05, 0) is 45.8 Å². The Bertz CT molecular complexity index is 1230. The fraction of sp³-hybridized carbons (Fsp3) is 0.0417. The Morgan fingerprint density at radius 3 is 2.20 bits per heavy atom. The van der Waals surface area contributed by atoms with E-state index in [0.717, 1.165) is 31.6 Å². The van der Waals surface area contributed by atoms with Gasteiger partial charge in [0.15, 0.2) is 0 Å². The van der Waals surface area contributed by atoms with Gasteiger partial charge >= 0.3 is 0 Å². The summed E-state index contributed by atoms with van der Waals surface area (Å²) in [7, 11) is 0. The largest absolute Gasteiger partial charge is 0.343 e. The highest BCUT2D eigenvalue weighted by molar-refractivity contribution is 9.10. The zero-order valence-electron chi connectivity index (χ0n) is 15.9. The van der Waals surface area contributed by atoms with Crippen LogP contribution < -0.4 is 10.7 Å². The molecule has 4 aromatic rings. The molecule has 0 radical (unpaired) electrons. The number of rotatable bonds is 5. The lowest BCUT2D eigenvalue weighted by molar-refractivity contribution is -0.120.